The SMILES string of the molecule is CCc1cc2ccc(Cl)c(C)c2nc1N1CCNCC1. The van der Waals surface area contributed by atoms with Crippen molar-refractivity contribution >= 4 is 28.3 Å². The number of nitrogens with one attached hydrogen (secondary N) is 1. The number of hydrogen-bond donors (Lipinski definition) is 1. The van der Waals surface area contributed by atoms with Crippen LogP contribution in [0.1, 0.15) is 18.1 Å². The van der Waals surface area contributed by atoms with E-state index in [-0.39, 0.29) is 0 Å². The third-order valence-corrected chi connectivity index (χ3v) is 4.44. The predicted molar refractivity (Wildman–Crippen MR) is 86.0 cm³/mol. The second kappa shape index (κ2) is 5.58. The van der Waals surface area contributed by atoms with Gasteiger partial charge in [-0.3, -0.25) is 0 Å². The molecule has 3 nitrogen and oxygen atoms in total. The molecule has 0 amide bonds. The van der Waals surface area contributed by atoms with E-state index in [2.05, 4.69) is 29.3 Å². The van der Waals surface area contributed by atoms with Gasteiger partial charge < -0.3 is 10.2 Å². The Bertz CT molecular complexity index is 633. The molecule has 0 unspecified atom stereocenters. The molecule has 2 heterocycles. The lowest BCUT2D eigenvalue weighted by Gasteiger charge is -2.30. The molecule has 2 aromatic rings. The monoisotopic (exact) mass is 289 g/mol. The van der Waals surface area contributed by atoms with Gasteiger partial charge in [-0.05, 0) is 36.6 Å². The van der Waals surface area contributed by atoms with Crippen LogP contribution in [0.5, 0.6) is 0 Å². The van der Waals surface area contributed by atoms with Gasteiger partial charge in [0.25, 0.3) is 0 Å². The fraction of sp³-hybridized carbons (Fsp3) is 0.438. The number of aryl methyl sites for hydroxylation is 2. The van der Waals surface area contributed by atoms with Crippen LogP contribution in [-0.2, 0) is 6.42 Å². The van der Waals surface area contributed by atoms with Crippen LogP contribution in [0.3, 0.4) is 0 Å². The minimum atomic E-state index is 0.792. The van der Waals surface area contributed by atoms with Crippen LogP contribution in [-0.4, -0.2) is 31.2 Å². The highest BCUT2D eigenvalue weighted by atomic mass is 35.5. The lowest BCUT2D eigenvalue weighted by molar-refractivity contribution is 0.584. The number of fused-ring (bicyclic) bond motifs is 1. The summed E-state index contributed by atoms with van der Waals surface area (Å²) in [6.45, 7) is 8.33. The molecule has 1 aromatic heterocycles. The summed E-state index contributed by atoms with van der Waals surface area (Å²) in [5, 5.41) is 5.36. The predicted octanol–water partition coefficient (Wildman–Crippen LogP) is 3.17. The highest BCUT2D eigenvalue weighted by molar-refractivity contribution is 6.32. The number of rotatable bonds is 2. The van der Waals surface area contributed by atoms with Crippen molar-refractivity contribution < 1.29 is 0 Å². The molecule has 3 rings (SSSR count). The summed E-state index contributed by atoms with van der Waals surface area (Å²) in [7, 11) is 0. The van der Waals surface area contributed by atoms with Gasteiger partial charge in [-0.2, -0.15) is 0 Å². The zero-order chi connectivity index (χ0) is 14.1. The first-order valence-electron chi connectivity index (χ1n) is 7.25. The standard InChI is InChI=1S/C16H20ClN3/c1-3-12-10-13-4-5-14(17)11(2)15(13)19-16(12)20-8-6-18-7-9-20/h4-5,10,18H,3,6-9H2,1-2H3. The topological polar surface area (TPSA) is 28.2 Å². The smallest absolute Gasteiger partial charge is 0.132 e. The molecule has 1 aliphatic rings. The Kier molecular flexibility index (Phi) is 3.81. The maximum atomic E-state index is 6.24. The number of hydrogen-bond acceptors (Lipinski definition) is 3. The van der Waals surface area contributed by atoms with Crippen LogP contribution in [0, 0.1) is 6.92 Å². The van der Waals surface area contributed by atoms with E-state index >= 15 is 0 Å². The van der Waals surface area contributed by atoms with Crippen molar-refractivity contribution in [1.82, 2.24) is 10.3 Å². The maximum absolute atomic E-state index is 6.24. The summed E-state index contributed by atoms with van der Waals surface area (Å²) >= 11 is 6.24. The van der Waals surface area contributed by atoms with Gasteiger partial charge in [-0.25, -0.2) is 4.98 Å². The van der Waals surface area contributed by atoms with Gasteiger partial charge in [-0.1, -0.05) is 24.6 Å². The van der Waals surface area contributed by atoms with Gasteiger partial charge in [0.05, 0.1) is 5.52 Å². The quantitative estimate of drug-likeness (QED) is 0.920. The summed E-state index contributed by atoms with van der Waals surface area (Å²) in [4.78, 5) is 7.33. The Morgan fingerprint density at radius 1 is 1.30 bits per heavy atom. The second-order valence-corrected chi connectivity index (χ2v) is 5.71. The van der Waals surface area contributed by atoms with E-state index < -0.39 is 0 Å². The molecule has 1 aliphatic heterocycles. The van der Waals surface area contributed by atoms with Gasteiger partial charge in [-0.15, -0.1) is 0 Å². The Morgan fingerprint density at radius 3 is 2.75 bits per heavy atom. The highest BCUT2D eigenvalue weighted by Crippen LogP contribution is 2.29. The summed E-state index contributed by atoms with van der Waals surface area (Å²) < 4.78 is 0. The minimum Gasteiger partial charge on any atom is -0.354 e. The average Bonchev–Trinajstić information content (AvgIpc) is 2.51. The Hall–Kier alpha value is -1.32. The number of aromatic nitrogens is 1. The van der Waals surface area contributed by atoms with Crippen molar-refractivity contribution in [3.8, 4) is 0 Å². The van der Waals surface area contributed by atoms with Gasteiger partial charge in [0.15, 0.2) is 0 Å². The van der Waals surface area contributed by atoms with Crippen LogP contribution < -0.4 is 10.2 Å². The minimum absolute atomic E-state index is 0.792. The van der Waals surface area contributed by atoms with Crippen molar-refractivity contribution in [3.05, 3.63) is 34.3 Å². The lowest BCUT2D eigenvalue weighted by atomic mass is 10.1. The van der Waals surface area contributed by atoms with E-state index in [1.165, 1.54) is 10.9 Å². The fourth-order valence-electron chi connectivity index (χ4n) is 2.80. The van der Waals surface area contributed by atoms with Crippen molar-refractivity contribution in [2.75, 3.05) is 31.1 Å². The number of piperazine rings is 1. The van der Waals surface area contributed by atoms with Crippen LogP contribution in [0.2, 0.25) is 5.02 Å². The van der Waals surface area contributed by atoms with Gasteiger partial charge in [0.1, 0.15) is 5.82 Å². The van der Waals surface area contributed by atoms with Crippen LogP contribution in [0.25, 0.3) is 10.9 Å². The fourth-order valence-corrected chi connectivity index (χ4v) is 2.95. The molecule has 0 atom stereocenters. The molecule has 0 radical (unpaired) electrons. The summed E-state index contributed by atoms with van der Waals surface area (Å²) in [5.41, 5.74) is 3.42. The van der Waals surface area contributed by atoms with E-state index in [0.717, 1.165) is 54.5 Å². The maximum Gasteiger partial charge on any atom is 0.132 e. The first-order chi connectivity index (χ1) is 9.70. The van der Waals surface area contributed by atoms with Gasteiger partial charge in [0, 0.05) is 36.6 Å². The van der Waals surface area contributed by atoms with Crippen LogP contribution in [0.4, 0.5) is 5.82 Å². The molecule has 0 aliphatic carbocycles. The Balaban J connectivity index is 2.16. The molecule has 1 fully saturated rings. The number of nitrogens with zero attached hydrogens (tertiary/aromatic N) is 2. The first kappa shape index (κ1) is 13.7. The van der Waals surface area contributed by atoms with E-state index in [4.69, 9.17) is 16.6 Å². The number of pyridine rings is 1. The van der Waals surface area contributed by atoms with Crippen molar-refractivity contribution in [2.45, 2.75) is 20.3 Å². The van der Waals surface area contributed by atoms with E-state index in [1.807, 2.05) is 13.0 Å². The second-order valence-electron chi connectivity index (χ2n) is 5.31. The van der Waals surface area contributed by atoms with Crippen molar-refractivity contribution in [1.29, 1.82) is 0 Å². The summed E-state index contributed by atoms with van der Waals surface area (Å²) in [6.07, 6.45) is 1.00. The van der Waals surface area contributed by atoms with Gasteiger partial charge in [0.2, 0.25) is 0 Å². The summed E-state index contributed by atoms with van der Waals surface area (Å²) in [6, 6.07) is 6.30. The normalized spacial score (nSPS) is 15.8. The summed E-state index contributed by atoms with van der Waals surface area (Å²) in [5.74, 6) is 1.13. The van der Waals surface area contributed by atoms with E-state index in [9.17, 15) is 0 Å². The average molecular weight is 290 g/mol. The van der Waals surface area contributed by atoms with Crippen LogP contribution >= 0.6 is 11.6 Å². The van der Waals surface area contributed by atoms with E-state index in [1.54, 1.807) is 0 Å². The number of benzene rings is 1. The molecule has 0 bridgehead atoms. The largest absolute Gasteiger partial charge is 0.354 e. The molecule has 20 heavy (non-hydrogen) atoms. The molecule has 4 heteroatoms. The first-order valence-corrected chi connectivity index (χ1v) is 7.63. The molecule has 0 spiro atoms. The molecule has 1 aromatic carbocycles. The molecule has 106 valence electrons. The Labute approximate surface area is 124 Å². The van der Waals surface area contributed by atoms with Crippen LogP contribution in [0.15, 0.2) is 18.2 Å². The number of halogens is 1. The lowest BCUT2D eigenvalue weighted by Crippen LogP contribution is -2.44. The van der Waals surface area contributed by atoms with E-state index in [0.29, 0.717) is 0 Å². The molecule has 1 saturated heterocycles. The van der Waals surface area contributed by atoms with Crippen molar-refractivity contribution in [2.24, 2.45) is 0 Å². The molecule has 0 saturated carbocycles. The number of anilines is 1. The zero-order valence-corrected chi connectivity index (χ0v) is 12.8. The van der Waals surface area contributed by atoms with Gasteiger partial charge >= 0.3 is 0 Å². The highest BCUT2D eigenvalue weighted by Gasteiger charge is 2.16. The molecular formula is C16H20ClN3. The Morgan fingerprint density at radius 2 is 2.05 bits per heavy atom. The zero-order valence-electron chi connectivity index (χ0n) is 12.0. The molecule has 1 N–H and O–H groups in total. The van der Waals surface area contributed by atoms with Crippen molar-refractivity contribution in [3.63, 3.8) is 0 Å². The molecular weight excluding hydrogens is 270 g/mol. The third-order valence-electron chi connectivity index (χ3n) is 4.03. The third kappa shape index (κ3) is 2.36.